The van der Waals surface area contributed by atoms with Gasteiger partial charge in [-0.2, -0.15) is 5.10 Å². The first kappa shape index (κ1) is 12.2. The van der Waals surface area contributed by atoms with Crippen LogP contribution in [-0.2, 0) is 7.05 Å². The molecule has 1 aromatic carbocycles. The molecule has 2 rings (SSSR count). The number of nitrogens with zero attached hydrogens (tertiary/aromatic N) is 2. The summed E-state index contributed by atoms with van der Waals surface area (Å²) in [5, 5.41) is 9.90. The predicted octanol–water partition coefficient (Wildman–Crippen LogP) is 2.02. The van der Waals surface area contributed by atoms with Gasteiger partial charge in [0.2, 0.25) is 0 Å². The lowest BCUT2D eigenvalue weighted by Gasteiger charge is -2.09. The largest absolute Gasteiger partial charge is 0.387 e. The van der Waals surface area contributed by atoms with Crippen LogP contribution >= 0.6 is 0 Å². The van der Waals surface area contributed by atoms with Crippen molar-refractivity contribution in [1.29, 1.82) is 0 Å². The van der Waals surface area contributed by atoms with E-state index in [9.17, 15) is 4.79 Å². The van der Waals surface area contributed by atoms with Gasteiger partial charge in [-0.15, -0.1) is 0 Å². The molecule has 0 saturated carbocycles. The predicted molar refractivity (Wildman–Crippen MR) is 71.9 cm³/mol. The number of hydrogen-bond donors (Lipinski definition) is 2. The van der Waals surface area contributed by atoms with Crippen LogP contribution in [0.5, 0.6) is 0 Å². The minimum absolute atomic E-state index is 0.168. The molecule has 0 bridgehead atoms. The number of rotatable bonds is 3. The van der Waals surface area contributed by atoms with E-state index < -0.39 is 0 Å². The highest BCUT2D eigenvalue weighted by molar-refractivity contribution is 6.07. The fourth-order valence-corrected chi connectivity index (χ4v) is 1.73. The van der Waals surface area contributed by atoms with Crippen LogP contribution in [0.3, 0.4) is 0 Å². The molecular weight excluding hydrogens is 228 g/mol. The van der Waals surface area contributed by atoms with Crippen molar-refractivity contribution < 1.29 is 4.79 Å². The average molecular weight is 244 g/mol. The second-order valence-corrected chi connectivity index (χ2v) is 4.13. The maximum absolute atomic E-state index is 12.1. The van der Waals surface area contributed by atoms with Gasteiger partial charge in [-0.25, -0.2) is 0 Å². The van der Waals surface area contributed by atoms with E-state index in [-0.39, 0.29) is 5.91 Å². The third kappa shape index (κ3) is 2.51. The summed E-state index contributed by atoms with van der Waals surface area (Å²) < 4.78 is 1.64. The van der Waals surface area contributed by atoms with Crippen molar-refractivity contribution >= 4 is 17.4 Å². The third-order valence-corrected chi connectivity index (χ3v) is 2.64. The molecule has 2 N–H and O–H groups in total. The Morgan fingerprint density at radius 1 is 1.33 bits per heavy atom. The number of amides is 1. The lowest BCUT2D eigenvalue weighted by atomic mass is 10.1. The van der Waals surface area contributed by atoms with E-state index in [0.29, 0.717) is 11.4 Å². The van der Waals surface area contributed by atoms with Gasteiger partial charge in [-0.3, -0.25) is 9.48 Å². The Hall–Kier alpha value is -2.30. The summed E-state index contributed by atoms with van der Waals surface area (Å²) in [7, 11) is 3.60. The number of aryl methyl sites for hydroxylation is 2. The Labute approximate surface area is 106 Å². The van der Waals surface area contributed by atoms with Crippen LogP contribution in [0.4, 0.5) is 11.5 Å². The molecule has 1 amide bonds. The lowest BCUT2D eigenvalue weighted by Crippen LogP contribution is -2.14. The highest BCUT2D eigenvalue weighted by atomic mass is 16.1. The highest BCUT2D eigenvalue weighted by Crippen LogP contribution is 2.18. The number of benzene rings is 1. The number of nitrogens with one attached hydrogen (secondary N) is 2. The van der Waals surface area contributed by atoms with Crippen LogP contribution in [0.1, 0.15) is 15.9 Å². The van der Waals surface area contributed by atoms with Gasteiger partial charge in [0, 0.05) is 32.0 Å². The normalized spacial score (nSPS) is 10.2. The zero-order chi connectivity index (χ0) is 13.1. The molecule has 1 heterocycles. The molecule has 0 aliphatic carbocycles. The Morgan fingerprint density at radius 2 is 2.11 bits per heavy atom. The molecule has 0 fully saturated rings. The number of anilines is 2. The molecule has 0 aliphatic heterocycles. The van der Waals surface area contributed by atoms with E-state index in [1.165, 1.54) is 0 Å². The average Bonchev–Trinajstić information content (AvgIpc) is 2.74. The van der Waals surface area contributed by atoms with Crippen LogP contribution in [0.2, 0.25) is 0 Å². The van der Waals surface area contributed by atoms with Crippen LogP contribution in [0, 0.1) is 6.92 Å². The van der Waals surface area contributed by atoms with E-state index in [2.05, 4.69) is 15.7 Å². The number of carbonyl (C=O) groups is 1. The van der Waals surface area contributed by atoms with Crippen molar-refractivity contribution in [2.75, 3.05) is 17.7 Å². The number of carbonyl (C=O) groups excluding carboxylic acids is 1. The smallest absolute Gasteiger partial charge is 0.258 e. The Balaban J connectivity index is 2.23. The Morgan fingerprint density at radius 3 is 2.72 bits per heavy atom. The molecule has 0 spiro atoms. The first-order chi connectivity index (χ1) is 8.60. The van der Waals surface area contributed by atoms with Gasteiger partial charge in [-0.05, 0) is 24.6 Å². The minimum Gasteiger partial charge on any atom is -0.387 e. The standard InChI is InChI=1S/C13H16N4O/c1-9-4-5-10(11(8-9)14-2)13(18)15-12-6-7-17(3)16-12/h4-8,14H,1-3H3,(H,15,16,18). The van der Waals surface area contributed by atoms with Gasteiger partial charge in [-0.1, -0.05) is 6.07 Å². The quantitative estimate of drug-likeness (QED) is 0.868. The lowest BCUT2D eigenvalue weighted by molar-refractivity contribution is 0.102. The summed E-state index contributed by atoms with van der Waals surface area (Å²) in [5.74, 6) is 0.378. The molecule has 94 valence electrons. The summed E-state index contributed by atoms with van der Waals surface area (Å²) in [6, 6.07) is 7.41. The molecule has 18 heavy (non-hydrogen) atoms. The topological polar surface area (TPSA) is 59.0 Å². The summed E-state index contributed by atoms with van der Waals surface area (Å²) in [6.45, 7) is 1.99. The van der Waals surface area contributed by atoms with E-state index in [0.717, 1.165) is 11.3 Å². The van der Waals surface area contributed by atoms with E-state index >= 15 is 0 Å². The van der Waals surface area contributed by atoms with Crippen LogP contribution in [-0.4, -0.2) is 22.7 Å². The van der Waals surface area contributed by atoms with Gasteiger partial charge in [0.05, 0.1) is 5.56 Å². The second-order valence-electron chi connectivity index (χ2n) is 4.13. The molecule has 1 aromatic heterocycles. The second kappa shape index (κ2) is 4.91. The molecule has 5 nitrogen and oxygen atoms in total. The van der Waals surface area contributed by atoms with Gasteiger partial charge >= 0.3 is 0 Å². The highest BCUT2D eigenvalue weighted by Gasteiger charge is 2.11. The maximum atomic E-state index is 12.1. The zero-order valence-electron chi connectivity index (χ0n) is 10.7. The van der Waals surface area contributed by atoms with E-state index in [1.807, 2.05) is 19.1 Å². The van der Waals surface area contributed by atoms with E-state index in [4.69, 9.17) is 0 Å². The van der Waals surface area contributed by atoms with E-state index in [1.54, 1.807) is 37.1 Å². The van der Waals surface area contributed by atoms with Gasteiger partial charge in [0.1, 0.15) is 0 Å². The third-order valence-electron chi connectivity index (χ3n) is 2.64. The van der Waals surface area contributed by atoms with Crippen molar-refractivity contribution in [2.45, 2.75) is 6.92 Å². The first-order valence-corrected chi connectivity index (χ1v) is 5.69. The maximum Gasteiger partial charge on any atom is 0.258 e. The summed E-state index contributed by atoms with van der Waals surface area (Å²) >= 11 is 0. The number of hydrogen-bond acceptors (Lipinski definition) is 3. The van der Waals surface area contributed by atoms with Crippen molar-refractivity contribution in [3.63, 3.8) is 0 Å². The van der Waals surface area contributed by atoms with Gasteiger partial charge in [0.15, 0.2) is 5.82 Å². The SMILES string of the molecule is CNc1cc(C)ccc1C(=O)Nc1ccn(C)n1. The fourth-order valence-electron chi connectivity index (χ4n) is 1.73. The molecule has 0 unspecified atom stereocenters. The Bertz CT molecular complexity index is 574. The van der Waals surface area contributed by atoms with Crippen molar-refractivity contribution in [2.24, 2.45) is 7.05 Å². The van der Waals surface area contributed by atoms with Crippen LogP contribution in [0.25, 0.3) is 0 Å². The molecule has 2 aromatic rings. The van der Waals surface area contributed by atoms with Crippen LogP contribution in [0.15, 0.2) is 30.5 Å². The molecule has 5 heteroatoms. The molecule has 0 radical (unpaired) electrons. The molecule has 0 atom stereocenters. The summed E-state index contributed by atoms with van der Waals surface area (Å²) in [6.07, 6.45) is 1.78. The van der Waals surface area contributed by atoms with Crippen molar-refractivity contribution in [3.05, 3.63) is 41.6 Å². The minimum atomic E-state index is -0.168. The van der Waals surface area contributed by atoms with Crippen molar-refractivity contribution in [3.8, 4) is 0 Å². The zero-order valence-corrected chi connectivity index (χ0v) is 10.7. The van der Waals surface area contributed by atoms with Crippen molar-refractivity contribution in [1.82, 2.24) is 9.78 Å². The summed E-state index contributed by atoms with van der Waals surface area (Å²) in [5.41, 5.74) is 2.52. The first-order valence-electron chi connectivity index (χ1n) is 5.69. The van der Waals surface area contributed by atoms with Gasteiger partial charge < -0.3 is 10.6 Å². The molecule has 0 saturated heterocycles. The summed E-state index contributed by atoms with van der Waals surface area (Å²) in [4.78, 5) is 12.1. The number of aromatic nitrogens is 2. The Kier molecular flexibility index (Phi) is 3.32. The fraction of sp³-hybridized carbons (Fsp3) is 0.231. The molecule has 0 aliphatic rings. The monoisotopic (exact) mass is 244 g/mol. The van der Waals surface area contributed by atoms with Crippen LogP contribution < -0.4 is 10.6 Å². The van der Waals surface area contributed by atoms with Gasteiger partial charge in [0.25, 0.3) is 5.91 Å². The molecular formula is C13H16N4O.